The first-order valence-electron chi connectivity index (χ1n) is 11.9. The molecular weight excluding hydrogens is 558 g/mol. The summed E-state index contributed by atoms with van der Waals surface area (Å²) in [6, 6.07) is 8.56. The second-order valence-electron chi connectivity index (χ2n) is 9.66. The third-order valence-electron chi connectivity index (χ3n) is 7.86. The number of phenolic OH excluding ortho intramolecular Hbond substituents is 1. The lowest BCUT2D eigenvalue weighted by atomic mass is 9.59. The zero-order valence-electron chi connectivity index (χ0n) is 19.8. The molecular formula is C28H22BrNO6S. The van der Waals surface area contributed by atoms with Crippen LogP contribution in [0.3, 0.4) is 0 Å². The molecule has 2 heterocycles. The van der Waals surface area contributed by atoms with Gasteiger partial charge < -0.3 is 9.84 Å². The van der Waals surface area contributed by atoms with Crippen LogP contribution in [0.5, 0.6) is 11.5 Å². The minimum atomic E-state index is -0.729. The van der Waals surface area contributed by atoms with Crippen LogP contribution in [0.2, 0.25) is 0 Å². The smallest absolute Gasteiger partial charge is 0.234 e. The Kier molecular flexibility index (Phi) is 5.80. The highest BCUT2D eigenvalue weighted by molar-refractivity contribution is 9.12. The van der Waals surface area contributed by atoms with Gasteiger partial charge in [-0.3, -0.25) is 24.1 Å². The molecule has 1 fully saturated rings. The summed E-state index contributed by atoms with van der Waals surface area (Å²) >= 11 is 4.71. The van der Waals surface area contributed by atoms with E-state index in [0.29, 0.717) is 28.9 Å². The Balaban J connectivity index is 1.48. The van der Waals surface area contributed by atoms with Crippen molar-refractivity contribution in [2.75, 3.05) is 7.11 Å². The average Bonchev–Trinajstić information content (AvgIpc) is 3.49. The van der Waals surface area contributed by atoms with E-state index in [9.17, 15) is 24.3 Å². The Hall–Kier alpha value is -3.30. The van der Waals surface area contributed by atoms with Gasteiger partial charge in [0.05, 0.1) is 30.0 Å². The number of thiophene rings is 1. The summed E-state index contributed by atoms with van der Waals surface area (Å²) in [5.41, 5.74) is 1.85. The zero-order chi connectivity index (χ0) is 26.0. The normalized spacial score (nSPS) is 27.0. The van der Waals surface area contributed by atoms with Crippen molar-refractivity contribution in [2.24, 2.45) is 17.8 Å². The number of amides is 2. The largest absolute Gasteiger partial charge is 0.508 e. The number of carbonyl (C=O) groups is 4. The number of rotatable bonds is 4. The molecule has 0 spiro atoms. The second-order valence-corrected chi connectivity index (χ2v) is 11.5. The molecule has 4 atom stereocenters. The van der Waals surface area contributed by atoms with Gasteiger partial charge in [-0.15, -0.1) is 11.3 Å². The van der Waals surface area contributed by atoms with Crippen LogP contribution < -0.4 is 4.74 Å². The molecule has 7 nitrogen and oxygen atoms in total. The number of hydrogen-bond acceptors (Lipinski definition) is 7. The van der Waals surface area contributed by atoms with Crippen molar-refractivity contribution in [3.8, 4) is 11.5 Å². The van der Waals surface area contributed by atoms with Crippen LogP contribution in [0, 0.1) is 17.8 Å². The number of ether oxygens (including phenoxy) is 1. The number of methoxy groups -OCH3 is 1. The third-order valence-corrected chi connectivity index (χ3v) is 9.31. The molecule has 3 aliphatic carbocycles. The lowest BCUT2D eigenvalue weighted by Gasteiger charge is -2.42. The molecule has 188 valence electrons. The Morgan fingerprint density at radius 2 is 1.95 bits per heavy atom. The fourth-order valence-corrected chi connectivity index (χ4v) is 7.37. The number of phenols is 1. The quantitative estimate of drug-likeness (QED) is 0.327. The summed E-state index contributed by atoms with van der Waals surface area (Å²) in [5, 5.41) is 12.8. The van der Waals surface area contributed by atoms with Crippen molar-refractivity contribution in [1.82, 2.24) is 4.90 Å². The van der Waals surface area contributed by atoms with Crippen molar-refractivity contribution in [1.29, 1.82) is 0 Å². The summed E-state index contributed by atoms with van der Waals surface area (Å²) in [6.45, 7) is 0.226. The maximum Gasteiger partial charge on any atom is 0.234 e. The zero-order valence-corrected chi connectivity index (χ0v) is 22.2. The Bertz CT molecular complexity index is 1470. The van der Waals surface area contributed by atoms with Crippen molar-refractivity contribution < 1.29 is 29.0 Å². The van der Waals surface area contributed by atoms with E-state index in [-0.39, 0.29) is 46.6 Å². The Labute approximate surface area is 225 Å². The number of imide groups is 1. The Morgan fingerprint density at radius 3 is 2.68 bits per heavy atom. The molecule has 37 heavy (non-hydrogen) atoms. The van der Waals surface area contributed by atoms with Gasteiger partial charge in [0.1, 0.15) is 11.5 Å². The molecule has 9 heteroatoms. The van der Waals surface area contributed by atoms with E-state index in [4.69, 9.17) is 4.74 Å². The van der Waals surface area contributed by atoms with Crippen molar-refractivity contribution >= 4 is 50.6 Å². The second kappa shape index (κ2) is 8.92. The van der Waals surface area contributed by atoms with Gasteiger partial charge in [-0.2, -0.15) is 0 Å². The maximum atomic E-state index is 13.7. The van der Waals surface area contributed by atoms with Gasteiger partial charge in [-0.25, -0.2) is 0 Å². The van der Waals surface area contributed by atoms with E-state index >= 15 is 0 Å². The molecule has 4 aliphatic rings. The van der Waals surface area contributed by atoms with Crippen LogP contribution in [0.15, 0.2) is 69.1 Å². The first kappa shape index (κ1) is 24.1. The molecule has 1 aliphatic heterocycles. The molecule has 4 unspecified atom stereocenters. The molecule has 0 saturated carbocycles. The predicted molar refractivity (Wildman–Crippen MR) is 139 cm³/mol. The van der Waals surface area contributed by atoms with Gasteiger partial charge in [0.15, 0.2) is 11.6 Å². The van der Waals surface area contributed by atoms with Crippen LogP contribution in [-0.2, 0) is 25.7 Å². The molecule has 1 saturated heterocycles. The highest BCUT2D eigenvalue weighted by Crippen LogP contribution is 2.56. The van der Waals surface area contributed by atoms with E-state index in [1.807, 2.05) is 23.6 Å². The number of likely N-dealkylation sites (tertiary alicyclic amines) is 1. The summed E-state index contributed by atoms with van der Waals surface area (Å²) in [7, 11) is 1.51. The molecule has 2 aromatic rings. The van der Waals surface area contributed by atoms with Crippen LogP contribution in [0.25, 0.3) is 0 Å². The minimum absolute atomic E-state index is 0.0386. The van der Waals surface area contributed by atoms with Crippen LogP contribution in [0.4, 0.5) is 0 Å². The summed E-state index contributed by atoms with van der Waals surface area (Å²) in [5.74, 6) is -2.96. The molecule has 0 bridgehead atoms. The number of benzene rings is 1. The fourth-order valence-electron chi connectivity index (χ4n) is 6.23. The number of aromatic hydroxyl groups is 1. The molecule has 1 aromatic carbocycles. The summed E-state index contributed by atoms with van der Waals surface area (Å²) < 4.78 is 5.54. The van der Waals surface area contributed by atoms with Crippen molar-refractivity contribution in [3.63, 3.8) is 0 Å². The van der Waals surface area contributed by atoms with Crippen molar-refractivity contribution in [3.05, 3.63) is 79.5 Å². The highest BCUT2D eigenvalue weighted by Gasteiger charge is 2.56. The maximum absolute atomic E-state index is 13.7. The number of ketones is 2. The van der Waals surface area contributed by atoms with E-state index < -0.39 is 23.7 Å². The molecule has 1 aromatic heterocycles. The van der Waals surface area contributed by atoms with E-state index in [1.54, 1.807) is 12.1 Å². The topological polar surface area (TPSA) is 101 Å². The van der Waals surface area contributed by atoms with Crippen molar-refractivity contribution in [2.45, 2.75) is 25.3 Å². The third kappa shape index (κ3) is 3.67. The van der Waals surface area contributed by atoms with Gasteiger partial charge in [0.2, 0.25) is 11.8 Å². The summed E-state index contributed by atoms with van der Waals surface area (Å²) in [6.07, 6.45) is 3.74. The standard InChI is InChI=1S/C28H22BrNO6S/c1-36-13-4-7-21(31)18(9-13)23-15-5-6-16-24(28(35)30(27(16)34)12-14-3-2-8-37-14)17(15)10-19-25(23)22(32)11-20(29)26(19)33/h2-5,7-9,11,16-17,23-24,31H,6,10,12H2,1H3. The van der Waals surface area contributed by atoms with Gasteiger partial charge >= 0.3 is 0 Å². The first-order valence-corrected chi connectivity index (χ1v) is 13.6. The van der Waals surface area contributed by atoms with Gasteiger partial charge in [0, 0.05) is 33.6 Å². The number of carbonyl (C=O) groups excluding carboxylic acids is 4. The molecule has 6 rings (SSSR count). The summed E-state index contributed by atoms with van der Waals surface area (Å²) in [4.78, 5) is 55.9. The predicted octanol–water partition coefficient (Wildman–Crippen LogP) is 4.42. The van der Waals surface area contributed by atoms with Crippen LogP contribution >= 0.6 is 27.3 Å². The number of halogens is 1. The van der Waals surface area contributed by atoms with Crippen LogP contribution in [0.1, 0.15) is 29.2 Å². The molecule has 1 N–H and O–H groups in total. The van der Waals surface area contributed by atoms with Gasteiger partial charge in [-0.05, 0) is 64.3 Å². The highest BCUT2D eigenvalue weighted by atomic mass is 79.9. The van der Waals surface area contributed by atoms with Gasteiger partial charge in [0.25, 0.3) is 0 Å². The fraction of sp³-hybridized carbons (Fsp3) is 0.286. The van der Waals surface area contributed by atoms with Gasteiger partial charge in [-0.1, -0.05) is 17.7 Å². The Morgan fingerprint density at radius 1 is 1.14 bits per heavy atom. The molecule has 0 radical (unpaired) electrons. The first-order chi connectivity index (χ1) is 17.8. The average molecular weight is 580 g/mol. The number of Topliss-reactive ketones (excluding diaryl/α,β-unsaturated/α-hetero) is 1. The number of fused-ring (bicyclic) bond motifs is 3. The van der Waals surface area contributed by atoms with E-state index in [0.717, 1.165) is 10.5 Å². The number of allylic oxidation sites excluding steroid dienone is 6. The monoisotopic (exact) mass is 579 g/mol. The minimum Gasteiger partial charge on any atom is -0.508 e. The molecule has 2 amide bonds. The number of hydrogen-bond donors (Lipinski definition) is 1. The van der Waals surface area contributed by atoms with Crippen LogP contribution in [-0.4, -0.2) is 40.5 Å². The number of nitrogens with zero attached hydrogens (tertiary/aromatic N) is 1. The van der Waals surface area contributed by atoms with E-state index in [2.05, 4.69) is 15.9 Å². The lowest BCUT2D eigenvalue weighted by molar-refractivity contribution is -0.140. The lowest BCUT2D eigenvalue weighted by Crippen LogP contribution is -2.39. The van der Waals surface area contributed by atoms with E-state index in [1.165, 1.54) is 35.5 Å². The SMILES string of the molecule is COc1ccc(O)c(C2C3=CCC4C(=O)N(Cc5cccs5)C(=O)C4C3CC3=C2C(=O)C=C(Br)C3=O)c1.